The number of halogens is 1. The fraction of sp³-hybridized carbons (Fsp3) is 0.211. The molecule has 0 aliphatic carbocycles. The number of H-pyrrole nitrogens is 1. The Bertz CT molecular complexity index is 1100. The highest BCUT2D eigenvalue weighted by Gasteiger charge is 2.14. The lowest BCUT2D eigenvalue weighted by molar-refractivity contribution is 0.234. The van der Waals surface area contributed by atoms with Gasteiger partial charge in [-0.25, -0.2) is 22.3 Å². The van der Waals surface area contributed by atoms with Crippen molar-refractivity contribution in [2.24, 2.45) is 0 Å². The van der Waals surface area contributed by atoms with E-state index in [1.807, 2.05) is 0 Å². The maximum absolute atomic E-state index is 13.3. The van der Waals surface area contributed by atoms with Gasteiger partial charge in [0.2, 0.25) is 10.0 Å². The number of benzene rings is 2. The van der Waals surface area contributed by atoms with Crippen LogP contribution in [0.4, 0.5) is 9.18 Å². The Labute approximate surface area is 167 Å². The quantitative estimate of drug-likeness (QED) is 0.355. The van der Waals surface area contributed by atoms with Gasteiger partial charge in [-0.05, 0) is 35.9 Å². The van der Waals surface area contributed by atoms with Gasteiger partial charge >= 0.3 is 6.03 Å². The molecule has 3 aromatic rings. The summed E-state index contributed by atoms with van der Waals surface area (Å²) in [6.07, 6.45) is 1.75. The number of urea groups is 1. The zero-order valence-corrected chi connectivity index (χ0v) is 16.2. The number of carbonyl (C=O) groups is 1. The molecule has 1 aromatic heterocycles. The average Bonchev–Trinajstić information content (AvgIpc) is 3.12. The minimum absolute atomic E-state index is 0.0185. The molecule has 0 bridgehead atoms. The molecule has 3 rings (SSSR count). The highest BCUT2D eigenvalue weighted by molar-refractivity contribution is 7.89. The van der Waals surface area contributed by atoms with E-state index in [4.69, 9.17) is 5.11 Å². The van der Waals surface area contributed by atoms with Crippen molar-refractivity contribution in [2.45, 2.75) is 4.90 Å². The number of hydrogen-bond donors (Lipinski definition) is 5. The number of aliphatic hydroxyl groups is 1. The first-order valence-electron chi connectivity index (χ1n) is 8.90. The monoisotopic (exact) mass is 420 g/mol. The summed E-state index contributed by atoms with van der Waals surface area (Å²) in [4.78, 5) is 14.4. The van der Waals surface area contributed by atoms with Crippen LogP contribution in [0.3, 0.4) is 0 Å². The molecule has 8 nitrogen and oxygen atoms in total. The van der Waals surface area contributed by atoms with Gasteiger partial charge in [-0.15, -0.1) is 0 Å². The van der Waals surface area contributed by atoms with Crippen LogP contribution in [-0.2, 0) is 10.0 Å². The molecule has 0 spiro atoms. The maximum Gasteiger partial charge on any atom is 0.314 e. The zero-order chi connectivity index (χ0) is 20.9. The summed E-state index contributed by atoms with van der Waals surface area (Å²) in [6, 6.07) is 10.3. The SMILES string of the molecule is O=C(NCCO)NCCNS(=O)(=O)c1ccc(-c2c[nH]c3cc(F)ccc23)cc1. The van der Waals surface area contributed by atoms with Crippen LogP contribution >= 0.6 is 0 Å². The van der Waals surface area contributed by atoms with Crippen molar-refractivity contribution in [1.29, 1.82) is 0 Å². The van der Waals surface area contributed by atoms with Crippen LogP contribution in [0.5, 0.6) is 0 Å². The predicted molar refractivity (Wildman–Crippen MR) is 107 cm³/mol. The first-order chi connectivity index (χ1) is 13.9. The van der Waals surface area contributed by atoms with Gasteiger partial charge in [-0.2, -0.15) is 0 Å². The average molecular weight is 420 g/mol. The van der Waals surface area contributed by atoms with Crippen molar-refractivity contribution >= 4 is 27.0 Å². The van der Waals surface area contributed by atoms with E-state index in [9.17, 15) is 17.6 Å². The molecule has 0 aliphatic rings. The van der Waals surface area contributed by atoms with Crippen LogP contribution in [0, 0.1) is 5.82 Å². The number of aromatic nitrogens is 1. The van der Waals surface area contributed by atoms with Gasteiger partial charge in [-0.1, -0.05) is 12.1 Å². The fourth-order valence-electron chi connectivity index (χ4n) is 2.83. The second kappa shape index (κ2) is 9.03. The van der Waals surface area contributed by atoms with Crippen LogP contribution in [-0.4, -0.2) is 50.8 Å². The lowest BCUT2D eigenvalue weighted by Gasteiger charge is -2.09. The molecule has 29 heavy (non-hydrogen) atoms. The first kappa shape index (κ1) is 20.8. The number of hydrogen-bond acceptors (Lipinski definition) is 4. The van der Waals surface area contributed by atoms with Crippen LogP contribution in [0.25, 0.3) is 22.0 Å². The number of aliphatic hydroxyl groups excluding tert-OH is 1. The lowest BCUT2D eigenvalue weighted by Crippen LogP contribution is -2.41. The van der Waals surface area contributed by atoms with Crippen molar-refractivity contribution in [3.8, 4) is 11.1 Å². The predicted octanol–water partition coefficient (Wildman–Crippen LogP) is 1.54. The molecule has 0 fully saturated rings. The third-order valence-corrected chi connectivity index (χ3v) is 5.70. The molecule has 2 aromatic carbocycles. The number of aromatic amines is 1. The molecule has 0 unspecified atom stereocenters. The van der Waals surface area contributed by atoms with E-state index in [1.165, 1.54) is 24.3 Å². The number of carbonyl (C=O) groups excluding carboxylic acids is 1. The number of rotatable bonds is 8. The topological polar surface area (TPSA) is 123 Å². The Morgan fingerprint density at radius 1 is 1.03 bits per heavy atom. The highest BCUT2D eigenvalue weighted by atomic mass is 32.2. The lowest BCUT2D eigenvalue weighted by atomic mass is 10.1. The molecule has 0 aliphatic heterocycles. The second-order valence-electron chi connectivity index (χ2n) is 6.22. The van der Waals surface area contributed by atoms with E-state index in [2.05, 4.69) is 20.3 Å². The summed E-state index contributed by atoms with van der Waals surface area (Å²) in [5, 5.41) is 14.3. The van der Waals surface area contributed by atoms with Crippen LogP contribution in [0.2, 0.25) is 0 Å². The summed E-state index contributed by atoms with van der Waals surface area (Å²) in [7, 11) is -3.73. The maximum atomic E-state index is 13.3. The highest BCUT2D eigenvalue weighted by Crippen LogP contribution is 2.29. The van der Waals surface area contributed by atoms with E-state index in [-0.39, 0.29) is 37.0 Å². The van der Waals surface area contributed by atoms with Crippen molar-refractivity contribution in [3.05, 3.63) is 54.5 Å². The summed E-state index contributed by atoms with van der Waals surface area (Å²) < 4.78 is 40.5. The van der Waals surface area contributed by atoms with Gasteiger partial charge in [-0.3, -0.25) is 0 Å². The summed E-state index contributed by atoms with van der Waals surface area (Å²) in [6.45, 7) is 0.0614. The third-order valence-electron chi connectivity index (χ3n) is 4.22. The molecule has 154 valence electrons. The Balaban J connectivity index is 1.63. The van der Waals surface area contributed by atoms with Crippen LogP contribution < -0.4 is 15.4 Å². The number of fused-ring (bicyclic) bond motifs is 1. The molecule has 10 heteroatoms. The number of nitrogens with one attached hydrogen (secondary N) is 4. The molecule has 0 atom stereocenters. The number of sulfonamides is 1. The van der Waals surface area contributed by atoms with Crippen molar-refractivity contribution in [1.82, 2.24) is 20.3 Å². The smallest absolute Gasteiger partial charge is 0.314 e. The molecule has 2 amide bonds. The second-order valence-corrected chi connectivity index (χ2v) is 7.99. The third kappa shape index (κ3) is 5.11. The Hall–Kier alpha value is -2.95. The van der Waals surface area contributed by atoms with Gasteiger partial charge in [0.1, 0.15) is 5.82 Å². The Morgan fingerprint density at radius 3 is 2.48 bits per heavy atom. The molecular formula is C19H21FN4O4S. The minimum atomic E-state index is -3.73. The van der Waals surface area contributed by atoms with E-state index >= 15 is 0 Å². The molecular weight excluding hydrogens is 399 g/mol. The van der Waals surface area contributed by atoms with E-state index in [0.29, 0.717) is 5.52 Å². The van der Waals surface area contributed by atoms with Crippen molar-refractivity contribution < 1.29 is 22.7 Å². The van der Waals surface area contributed by atoms with E-state index in [0.717, 1.165) is 16.5 Å². The molecule has 5 N–H and O–H groups in total. The minimum Gasteiger partial charge on any atom is -0.395 e. The van der Waals surface area contributed by atoms with Gasteiger partial charge < -0.3 is 20.7 Å². The Morgan fingerprint density at radius 2 is 1.76 bits per heavy atom. The van der Waals surface area contributed by atoms with E-state index < -0.39 is 16.1 Å². The molecule has 0 radical (unpaired) electrons. The fourth-order valence-corrected chi connectivity index (χ4v) is 3.86. The Kier molecular flexibility index (Phi) is 6.47. The zero-order valence-electron chi connectivity index (χ0n) is 15.4. The van der Waals surface area contributed by atoms with Crippen molar-refractivity contribution in [3.63, 3.8) is 0 Å². The summed E-state index contributed by atoms with van der Waals surface area (Å²) >= 11 is 0. The van der Waals surface area contributed by atoms with E-state index in [1.54, 1.807) is 24.4 Å². The molecule has 0 saturated carbocycles. The molecule has 0 saturated heterocycles. The van der Waals surface area contributed by atoms with Gasteiger partial charge in [0, 0.05) is 42.3 Å². The summed E-state index contributed by atoms with van der Waals surface area (Å²) in [5.41, 5.74) is 2.30. The summed E-state index contributed by atoms with van der Waals surface area (Å²) in [5.74, 6) is -0.334. The van der Waals surface area contributed by atoms with Crippen molar-refractivity contribution in [2.75, 3.05) is 26.2 Å². The molecule has 1 heterocycles. The standard InChI is InChI=1S/C19H21FN4O4S/c20-14-3-6-16-17(12-23-18(16)11-14)13-1-4-15(5-2-13)29(27,28)24-8-7-21-19(26)22-9-10-25/h1-6,11-12,23-25H,7-10H2,(H2,21,22,26). The number of amides is 2. The van der Waals surface area contributed by atoms with Crippen LogP contribution in [0.1, 0.15) is 0 Å². The van der Waals surface area contributed by atoms with Gasteiger partial charge in [0.05, 0.1) is 11.5 Å². The van der Waals surface area contributed by atoms with Gasteiger partial charge in [0.15, 0.2) is 0 Å². The largest absolute Gasteiger partial charge is 0.395 e. The normalized spacial score (nSPS) is 11.5. The first-order valence-corrected chi connectivity index (χ1v) is 10.4. The van der Waals surface area contributed by atoms with Gasteiger partial charge in [0.25, 0.3) is 0 Å². The van der Waals surface area contributed by atoms with Crippen LogP contribution in [0.15, 0.2) is 53.6 Å².